The van der Waals surface area contributed by atoms with Gasteiger partial charge in [-0.15, -0.1) is 0 Å². The maximum absolute atomic E-state index is 14.2. The molecule has 2 N–H and O–H groups in total. The molecule has 10 atom stereocenters. The maximum Gasteiger partial charge on any atom is 0.246 e. The van der Waals surface area contributed by atoms with Gasteiger partial charge < -0.3 is 34.5 Å². The summed E-state index contributed by atoms with van der Waals surface area (Å²) in [6, 6.07) is 0.875. The van der Waals surface area contributed by atoms with Gasteiger partial charge in [0.25, 0.3) is 0 Å². The summed E-state index contributed by atoms with van der Waals surface area (Å²) in [6.07, 6.45) is 11.8. The van der Waals surface area contributed by atoms with Crippen molar-refractivity contribution in [1.29, 1.82) is 0 Å². The van der Waals surface area contributed by atoms with Crippen molar-refractivity contribution in [2.24, 2.45) is 29.6 Å². The Morgan fingerprint density at radius 1 is 0.900 bits per heavy atom. The summed E-state index contributed by atoms with van der Waals surface area (Å²) in [7, 11) is 5.27. The number of nitrogens with zero attached hydrogens (tertiary/aromatic N) is 1. The first kappa shape index (κ1) is 28.8. The molecule has 0 radical (unpaired) electrons. The lowest BCUT2D eigenvalue weighted by Crippen LogP contribution is -2.70. The van der Waals surface area contributed by atoms with Crippen molar-refractivity contribution < 1.29 is 28.5 Å². The van der Waals surface area contributed by atoms with Gasteiger partial charge in [0.2, 0.25) is 11.8 Å². The van der Waals surface area contributed by atoms with Crippen LogP contribution in [0.3, 0.4) is 0 Å². The van der Waals surface area contributed by atoms with Crippen LogP contribution in [0.4, 0.5) is 0 Å². The Morgan fingerprint density at radius 2 is 1.70 bits per heavy atom. The zero-order valence-electron chi connectivity index (χ0n) is 24.7. The minimum Gasteiger partial charge on any atom is -0.381 e. The van der Waals surface area contributed by atoms with Crippen molar-refractivity contribution in [3.63, 3.8) is 0 Å². The first-order chi connectivity index (χ1) is 19.5. The van der Waals surface area contributed by atoms with Crippen molar-refractivity contribution in [1.82, 2.24) is 15.5 Å². The van der Waals surface area contributed by atoms with Crippen molar-refractivity contribution in [3.05, 3.63) is 0 Å². The molecular weight excluding hydrogens is 510 g/mol. The van der Waals surface area contributed by atoms with E-state index in [9.17, 15) is 9.59 Å². The van der Waals surface area contributed by atoms with E-state index in [-0.39, 0.29) is 54.7 Å². The molecule has 6 rings (SSSR count). The minimum atomic E-state index is -0.183. The number of amides is 2. The van der Waals surface area contributed by atoms with Gasteiger partial charge in [0.05, 0.1) is 36.4 Å². The third-order valence-corrected chi connectivity index (χ3v) is 11.7. The third kappa shape index (κ3) is 5.34. The van der Waals surface area contributed by atoms with Crippen LogP contribution in [0.5, 0.6) is 0 Å². The van der Waals surface area contributed by atoms with Crippen LogP contribution in [0, 0.1) is 29.6 Å². The lowest BCUT2D eigenvalue weighted by Gasteiger charge is -2.55. The number of ether oxygens (including phenoxy) is 4. The number of hydrogen-bond acceptors (Lipinski definition) is 7. The van der Waals surface area contributed by atoms with Crippen LogP contribution in [-0.4, -0.2) is 100 Å². The van der Waals surface area contributed by atoms with Gasteiger partial charge in [-0.25, -0.2) is 0 Å². The van der Waals surface area contributed by atoms with Gasteiger partial charge >= 0.3 is 0 Å². The van der Waals surface area contributed by atoms with Crippen molar-refractivity contribution in [3.8, 4) is 0 Å². The highest BCUT2D eigenvalue weighted by Crippen LogP contribution is 2.54. The quantitative estimate of drug-likeness (QED) is 0.446. The molecule has 40 heavy (non-hydrogen) atoms. The molecule has 2 amide bonds. The molecule has 0 bridgehead atoms. The number of piperidine rings is 2. The second-order valence-corrected chi connectivity index (χ2v) is 13.4. The van der Waals surface area contributed by atoms with Gasteiger partial charge in [-0.05, 0) is 101 Å². The summed E-state index contributed by atoms with van der Waals surface area (Å²) in [5.74, 6) is 2.09. The van der Waals surface area contributed by atoms with Crippen LogP contribution >= 0.6 is 0 Å². The Kier molecular flexibility index (Phi) is 9.04. The number of hydrogen-bond donors (Lipinski definition) is 2. The van der Waals surface area contributed by atoms with Gasteiger partial charge in [0.15, 0.2) is 0 Å². The fourth-order valence-electron chi connectivity index (χ4n) is 9.80. The third-order valence-electron chi connectivity index (χ3n) is 11.7. The monoisotopic (exact) mass is 561 g/mol. The highest BCUT2D eigenvalue weighted by molar-refractivity contribution is 5.83. The average Bonchev–Trinajstić information content (AvgIpc) is 3.33. The standard InChI is InChI=1S/C31H51N3O6/c1-37-19-6-4-18(5-7-19)12-14-32-26(35)17-40-20-8-10-24-23(16-20)21-13-15-33-28-22-9-11-25(38-2)30(39-3)27(22)31(36)34(24)29(21)28/h18-25,27-30,33H,4-17H2,1-3H3,(H,32,35). The van der Waals surface area contributed by atoms with E-state index in [0.29, 0.717) is 35.8 Å². The van der Waals surface area contributed by atoms with Crippen LogP contribution in [0.15, 0.2) is 0 Å². The summed E-state index contributed by atoms with van der Waals surface area (Å²) in [6.45, 7) is 1.87. The average molecular weight is 562 g/mol. The summed E-state index contributed by atoms with van der Waals surface area (Å²) < 4.78 is 23.4. The van der Waals surface area contributed by atoms with E-state index in [1.807, 2.05) is 0 Å². The van der Waals surface area contributed by atoms with E-state index in [4.69, 9.17) is 18.9 Å². The SMILES string of the molecule is COC1CCC(CCNC(=O)COC2CCC3C(C2)C2CCNC4C5CCC(OC)C(OC)C5C(=O)N3C24)CC1. The van der Waals surface area contributed by atoms with E-state index >= 15 is 0 Å². The normalized spacial score (nSPS) is 44.5. The van der Waals surface area contributed by atoms with Gasteiger partial charge in [0, 0.05) is 40.0 Å². The molecule has 10 unspecified atom stereocenters. The molecule has 0 aromatic heterocycles. The molecule has 3 saturated heterocycles. The van der Waals surface area contributed by atoms with E-state index < -0.39 is 0 Å². The predicted octanol–water partition coefficient (Wildman–Crippen LogP) is 2.51. The lowest BCUT2D eigenvalue weighted by molar-refractivity contribution is -0.175. The van der Waals surface area contributed by atoms with Gasteiger partial charge in [-0.1, -0.05) is 0 Å². The highest BCUT2D eigenvalue weighted by atomic mass is 16.5. The Balaban J connectivity index is 1.03. The number of carbonyl (C=O) groups excluding carboxylic acids is 2. The summed E-state index contributed by atoms with van der Waals surface area (Å²) in [5.41, 5.74) is 0. The molecule has 3 aliphatic carbocycles. The number of fused-ring (bicyclic) bond motifs is 5. The first-order valence-electron chi connectivity index (χ1n) is 16.1. The molecule has 9 nitrogen and oxygen atoms in total. The molecule has 3 saturated carbocycles. The Labute approximate surface area is 239 Å². The summed E-state index contributed by atoms with van der Waals surface area (Å²) >= 11 is 0. The second kappa shape index (κ2) is 12.5. The maximum atomic E-state index is 14.2. The van der Waals surface area contributed by atoms with E-state index in [1.165, 1.54) is 12.8 Å². The number of methoxy groups -OCH3 is 3. The largest absolute Gasteiger partial charge is 0.381 e. The first-order valence-corrected chi connectivity index (χ1v) is 16.1. The van der Waals surface area contributed by atoms with E-state index in [2.05, 4.69) is 15.5 Å². The topological polar surface area (TPSA) is 98.4 Å². The van der Waals surface area contributed by atoms with E-state index in [0.717, 1.165) is 70.9 Å². The smallest absolute Gasteiger partial charge is 0.246 e. The zero-order chi connectivity index (χ0) is 27.8. The van der Waals surface area contributed by atoms with Gasteiger partial charge in [0.1, 0.15) is 6.61 Å². The second-order valence-electron chi connectivity index (χ2n) is 13.4. The fraction of sp³-hybridized carbons (Fsp3) is 0.935. The summed E-state index contributed by atoms with van der Waals surface area (Å²) in [4.78, 5) is 29.1. The molecule has 6 fully saturated rings. The number of nitrogens with one attached hydrogen (secondary N) is 2. The summed E-state index contributed by atoms with van der Waals surface area (Å²) in [5, 5.41) is 6.94. The van der Waals surface area contributed by atoms with Gasteiger partial charge in [-0.2, -0.15) is 0 Å². The fourth-order valence-corrected chi connectivity index (χ4v) is 9.80. The van der Waals surface area contributed by atoms with Crippen LogP contribution < -0.4 is 10.6 Å². The molecule has 9 heteroatoms. The van der Waals surface area contributed by atoms with Crippen LogP contribution in [0.2, 0.25) is 0 Å². The van der Waals surface area contributed by atoms with Crippen LogP contribution in [0.1, 0.15) is 70.6 Å². The number of rotatable bonds is 9. The molecule has 3 heterocycles. The molecule has 6 aliphatic rings. The van der Waals surface area contributed by atoms with Gasteiger partial charge in [-0.3, -0.25) is 9.59 Å². The lowest BCUT2D eigenvalue weighted by atomic mass is 9.64. The van der Waals surface area contributed by atoms with Crippen LogP contribution in [0.25, 0.3) is 0 Å². The van der Waals surface area contributed by atoms with Crippen molar-refractivity contribution >= 4 is 11.8 Å². The molecule has 3 aliphatic heterocycles. The predicted molar refractivity (Wildman–Crippen MR) is 150 cm³/mol. The Hall–Kier alpha value is -1.26. The molecule has 0 spiro atoms. The molecule has 226 valence electrons. The molecular formula is C31H51N3O6. The van der Waals surface area contributed by atoms with E-state index in [1.54, 1.807) is 21.3 Å². The Bertz CT molecular complexity index is 896. The van der Waals surface area contributed by atoms with Crippen molar-refractivity contribution in [2.45, 2.75) is 113 Å². The minimum absolute atomic E-state index is 0.00368. The Morgan fingerprint density at radius 3 is 2.45 bits per heavy atom. The molecule has 0 aromatic rings. The molecule has 0 aromatic carbocycles. The number of carbonyl (C=O) groups is 2. The van der Waals surface area contributed by atoms with Crippen LogP contribution in [-0.2, 0) is 28.5 Å². The van der Waals surface area contributed by atoms with Crippen molar-refractivity contribution in [2.75, 3.05) is 41.0 Å². The highest BCUT2D eigenvalue weighted by Gasteiger charge is 2.64. The zero-order valence-corrected chi connectivity index (χ0v) is 24.7.